The van der Waals surface area contributed by atoms with Gasteiger partial charge in [0.05, 0.1) is 5.56 Å². The zero-order chi connectivity index (χ0) is 20.1. The van der Waals surface area contributed by atoms with Gasteiger partial charge in [-0.3, -0.25) is 14.6 Å². The highest BCUT2D eigenvalue weighted by Gasteiger charge is 2.61. The Kier molecular flexibility index (Phi) is 4.12. The number of fused-ring (bicyclic) bond motifs is 3. The molecule has 1 aromatic carbocycles. The molecule has 6 nitrogen and oxygen atoms in total. The van der Waals surface area contributed by atoms with Gasteiger partial charge in [0.25, 0.3) is 5.91 Å². The summed E-state index contributed by atoms with van der Waals surface area (Å²) in [6.07, 6.45) is 6.78. The molecule has 6 rings (SSSR count). The second-order valence-corrected chi connectivity index (χ2v) is 8.88. The lowest BCUT2D eigenvalue weighted by Crippen LogP contribution is -2.69. The molecular weight excluding hydrogens is 366 g/mol. The van der Waals surface area contributed by atoms with E-state index in [0.29, 0.717) is 24.3 Å². The molecule has 1 aromatic heterocycles. The summed E-state index contributed by atoms with van der Waals surface area (Å²) in [7, 11) is 0. The second kappa shape index (κ2) is 6.58. The predicted octanol–water partition coefficient (Wildman–Crippen LogP) is 3.04. The van der Waals surface area contributed by atoms with Crippen molar-refractivity contribution < 1.29 is 14.3 Å². The highest BCUT2D eigenvalue weighted by Crippen LogP contribution is 2.58. The number of carbonyl (C=O) groups excluding carboxylic acids is 2. The minimum Gasteiger partial charge on any atom is -0.467 e. The molecule has 3 saturated carbocycles. The van der Waals surface area contributed by atoms with E-state index in [2.05, 4.69) is 22.5 Å². The lowest BCUT2D eigenvalue weighted by molar-refractivity contribution is -0.167. The SMILES string of the molecule is C[C@@]12CC[C@@H](C[C@H]1C(=O)NCc1cccnc1)[C@@]1(C2)NC(=O)c2ccccc2O1. The Morgan fingerprint density at radius 2 is 2.17 bits per heavy atom. The number of hydrogen-bond acceptors (Lipinski definition) is 4. The summed E-state index contributed by atoms with van der Waals surface area (Å²) >= 11 is 0. The number of ether oxygens (including phenoxy) is 1. The third-order valence-corrected chi connectivity index (χ3v) is 7.01. The second-order valence-electron chi connectivity index (χ2n) is 8.88. The molecule has 4 aliphatic rings. The number of aromatic nitrogens is 1. The van der Waals surface area contributed by atoms with Gasteiger partial charge in [0.1, 0.15) is 5.75 Å². The van der Waals surface area contributed by atoms with Gasteiger partial charge in [0.15, 0.2) is 5.72 Å². The first-order chi connectivity index (χ1) is 14.0. The van der Waals surface area contributed by atoms with Crippen LogP contribution in [0.15, 0.2) is 48.8 Å². The first-order valence-corrected chi connectivity index (χ1v) is 10.3. The highest BCUT2D eigenvalue weighted by atomic mass is 16.5. The van der Waals surface area contributed by atoms with E-state index in [1.165, 1.54) is 0 Å². The maximum atomic E-state index is 13.0. The van der Waals surface area contributed by atoms with E-state index in [1.54, 1.807) is 18.5 Å². The van der Waals surface area contributed by atoms with Crippen molar-refractivity contribution in [3.63, 3.8) is 0 Å². The Hall–Kier alpha value is -2.89. The van der Waals surface area contributed by atoms with E-state index in [0.717, 1.165) is 24.8 Å². The topological polar surface area (TPSA) is 80.3 Å². The minimum atomic E-state index is -0.710. The fraction of sp³-hybridized carbons (Fsp3) is 0.435. The molecule has 1 aliphatic heterocycles. The molecule has 0 saturated heterocycles. The van der Waals surface area contributed by atoms with Crippen molar-refractivity contribution in [3.05, 3.63) is 59.9 Å². The number of nitrogens with zero attached hydrogens (tertiary/aromatic N) is 1. The first kappa shape index (κ1) is 18.2. The van der Waals surface area contributed by atoms with Crippen LogP contribution in [-0.4, -0.2) is 22.5 Å². The molecule has 150 valence electrons. The normalized spacial score (nSPS) is 32.2. The molecule has 2 N–H and O–H groups in total. The zero-order valence-electron chi connectivity index (χ0n) is 16.5. The van der Waals surface area contributed by atoms with Crippen LogP contribution in [0.25, 0.3) is 0 Å². The standard InChI is InChI=1S/C23H25N3O3/c1-22-9-8-16(11-18(22)21(28)25-13-15-5-4-10-24-12-15)23(14-22)26-20(27)17-6-2-3-7-19(17)29-23/h2-7,10,12,16,18H,8-9,11,13-14H2,1H3,(H,25,28)(H,26,27)/t16-,18-,22-,23-/m0/s1. The average Bonchev–Trinajstić information content (AvgIpc) is 2.72. The minimum absolute atomic E-state index is 0.0819. The Bertz CT molecular complexity index is 963. The Morgan fingerprint density at radius 3 is 2.97 bits per heavy atom. The van der Waals surface area contributed by atoms with E-state index < -0.39 is 5.72 Å². The van der Waals surface area contributed by atoms with Crippen molar-refractivity contribution in [1.82, 2.24) is 15.6 Å². The van der Waals surface area contributed by atoms with Gasteiger partial charge in [-0.2, -0.15) is 0 Å². The molecule has 0 unspecified atom stereocenters. The summed E-state index contributed by atoms with van der Waals surface area (Å²) in [6.45, 7) is 2.64. The number of nitrogens with one attached hydrogen (secondary N) is 2. The average molecular weight is 391 g/mol. The summed E-state index contributed by atoms with van der Waals surface area (Å²) in [6, 6.07) is 11.2. The van der Waals surface area contributed by atoms with E-state index in [-0.39, 0.29) is 29.1 Å². The summed E-state index contributed by atoms with van der Waals surface area (Å²) in [5.74, 6) is 0.681. The van der Waals surface area contributed by atoms with E-state index in [1.807, 2.05) is 30.3 Å². The van der Waals surface area contributed by atoms with Crippen LogP contribution >= 0.6 is 0 Å². The smallest absolute Gasteiger partial charge is 0.258 e. The fourth-order valence-corrected chi connectivity index (χ4v) is 5.47. The lowest BCUT2D eigenvalue weighted by Gasteiger charge is -2.59. The summed E-state index contributed by atoms with van der Waals surface area (Å²) < 4.78 is 6.42. The molecule has 0 radical (unpaired) electrons. The largest absolute Gasteiger partial charge is 0.467 e. The van der Waals surface area contributed by atoms with Crippen LogP contribution in [0.4, 0.5) is 0 Å². The maximum Gasteiger partial charge on any atom is 0.258 e. The Morgan fingerprint density at radius 1 is 1.31 bits per heavy atom. The quantitative estimate of drug-likeness (QED) is 0.843. The molecular formula is C23H25N3O3. The van der Waals surface area contributed by atoms with E-state index >= 15 is 0 Å². The van der Waals surface area contributed by atoms with Crippen LogP contribution in [0.2, 0.25) is 0 Å². The summed E-state index contributed by atoms with van der Waals surface area (Å²) in [5.41, 5.74) is 0.643. The van der Waals surface area contributed by atoms with Crippen LogP contribution in [-0.2, 0) is 11.3 Å². The zero-order valence-corrected chi connectivity index (χ0v) is 16.5. The molecule has 29 heavy (non-hydrogen) atoms. The van der Waals surface area contributed by atoms with Gasteiger partial charge in [-0.15, -0.1) is 0 Å². The molecule has 4 atom stereocenters. The molecule has 2 amide bonds. The van der Waals surface area contributed by atoms with Crippen molar-refractivity contribution in [2.45, 2.75) is 44.9 Å². The molecule has 1 spiro atoms. The molecule has 3 aliphatic carbocycles. The monoisotopic (exact) mass is 391 g/mol. The number of amides is 2. The Labute approximate surface area is 170 Å². The van der Waals surface area contributed by atoms with Crippen LogP contribution in [0.3, 0.4) is 0 Å². The van der Waals surface area contributed by atoms with Gasteiger partial charge >= 0.3 is 0 Å². The molecule has 2 bridgehead atoms. The predicted molar refractivity (Wildman–Crippen MR) is 107 cm³/mol. The van der Waals surface area contributed by atoms with E-state index in [9.17, 15) is 9.59 Å². The lowest BCUT2D eigenvalue weighted by atomic mass is 9.52. The Balaban J connectivity index is 1.35. The van der Waals surface area contributed by atoms with Gasteiger partial charge < -0.3 is 15.4 Å². The van der Waals surface area contributed by atoms with Crippen LogP contribution < -0.4 is 15.4 Å². The number of pyridine rings is 1. The van der Waals surface area contributed by atoms with Crippen molar-refractivity contribution in [2.24, 2.45) is 17.3 Å². The molecule has 6 heteroatoms. The maximum absolute atomic E-state index is 13.0. The van der Waals surface area contributed by atoms with Gasteiger partial charge in [-0.05, 0) is 48.4 Å². The number of carbonyl (C=O) groups is 2. The summed E-state index contributed by atoms with van der Waals surface area (Å²) in [5, 5.41) is 6.25. The third kappa shape index (κ3) is 2.98. The highest BCUT2D eigenvalue weighted by molar-refractivity contribution is 5.98. The first-order valence-electron chi connectivity index (χ1n) is 10.3. The molecule has 2 aromatic rings. The van der Waals surface area contributed by atoms with Crippen LogP contribution in [0, 0.1) is 17.3 Å². The van der Waals surface area contributed by atoms with Crippen LogP contribution in [0.1, 0.15) is 48.5 Å². The number of hydrogen-bond donors (Lipinski definition) is 2. The summed E-state index contributed by atoms with van der Waals surface area (Å²) in [4.78, 5) is 29.9. The third-order valence-electron chi connectivity index (χ3n) is 7.01. The van der Waals surface area contributed by atoms with Crippen molar-refractivity contribution in [2.75, 3.05) is 0 Å². The van der Waals surface area contributed by atoms with Crippen molar-refractivity contribution >= 4 is 11.8 Å². The van der Waals surface area contributed by atoms with Gasteiger partial charge in [-0.25, -0.2) is 0 Å². The van der Waals surface area contributed by atoms with Gasteiger partial charge in [0, 0.05) is 37.2 Å². The number of rotatable bonds is 3. The van der Waals surface area contributed by atoms with Crippen LogP contribution in [0.5, 0.6) is 5.75 Å². The fourth-order valence-electron chi connectivity index (χ4n) is 5.47. The van der Waals surface area contributed by atoms with Gasteiger partial charge in [0.2, 0.25) is 5.91 Å². The van der Waals surface area contributed by atoms with Crippen molar-refractivity contribution in [1.29, 1.82) is 0 Å². The molecule has 2 heterocycles. The number of benzene rings is 1. The van der Waals surface area contributed by atoms with E-state index in [4.69, 9.17) is 4.74 Å². The van der Waals surface area contributed by atoms with Crippen molar-refractivity contribution in [3.8, 4) is 5.75 Å². The van der Waals surface area contributed by atoms with Gasteiger partial charge in [-0.1, -0.05) is 25.1 Å². The molecule has 3 fully saturated rings. The number of para-hydroxylation sites is 1.